The molecule has 0 unspecified atom stereocenters. The third kappa shape index (κ3) is 6.05. The van der Waals surface area contributed by atoms with Gasteiger partial charge in [0, 0.05) is 33.6 Å². The molecule has 0 saturated carbocycles. The van der Waals surface area contributed by atoms with Crippen LogP contribution in [0.2, 0.25) is 0 Å². The van der Waals surface area contributed by atoms with Gasteiger partial charge in [-0.25, -0.2) is 9.97 Å². The first-order chi connectivity index (χ1) is 19.7. The van der Waals surface area contributed by atoms with Gasteiger partial charge in [0.05, 0.1) is 18.5 Å². The molecule has 0 saturated heterocycles. The first-order valence-corrected chi connectivity index (χ1v) is 13.7. The molecule has 0 radical (unpaired) electrons. The third-order valence-electron chi connectivity index (χ3n) is 6.77. The zero-order valence-electron chi connectivity index (χ0n) is 23.2. The summed E-state index contributed by atoms with van der Waals surface area (Å²) in [5, 5.41) is 0. The van der Waals surface area contributed by atoms with Crippen LogP contribution in [0.25, 0.3) is 45.3 Å². The molecule has 200 valence electrons. The van der Waals surface area contributed by atoms with Crippen LogP contribution in [-0.4, -0.2) is 27.0 Å². The van der Waals surface area contributed by atoms with Gasteiger partial charge >= 0.3 is 0 Å². The average molecular weight is 527 g/mol. The lowest BCUT2D eigenvalue weighted by Crippen LogP contribution is -1.85. The summed E-state index contributed by atoms with van der Waals surface area (Å²) >= 11 is 0. The molecule has 0 atom stereocenters. The van der Waals surface area contributed by atoms with Gasteiger partial charge in [-0.1, -0.05) is 105 Å². The van der Waals surface area contributed by atoms with Crippen LogP contribution < -0.4 is 4.74 Å². The maximum Gasteiger partial charge on any atom is 0.138 e. The van der Waals surface area contributed by atoms with Crippen molar-refractivity contribution in [1.82, 2.24) is 19.9 Å². The van der Waals surface area contributed by atoms with Gasteiger partial charge in [0.1, 0.15) is 17.4 Å². The zero-order chi connectivity index (χ0) is 27.7. The minimum absolute atomic E-state index is 0.851. The lowest BCUT2D eigenvalue weighted by Gasteiger charge is -2.00. The van der Waals surface area contributed by atoms with Crippen LogP contribution in [0.1, 0.15) is 25.2 Å². The molecule has 0 spiro atoms. The number of imidazole rings is 2. The van der Waals surface area contributed by atoms with Crippen molar-refractivity contribution < 1.29 is 4.74 Å². The molecule has 5 nitrogen and oxygen atoms in total. The Kier molecular flexibility index (Phi) is 8.52. The molecule has 0 aliphatic heterocycles. The number of benzene rings is 4. The lowest BCUT2D eigenvalue weighted by molar-refractivity contribution is 0.415. The first kappa shape index (κ1) is 26.7. The molecule has 0 fully saturated rings. The second kappa shape index (κ2) is 12.8. The monoisotopic (exact) mass is 526 g/mol. The molecule has 4 aromatic carbocycles. The molecule has 0 aliphatic carbocycles. The van der Waals surface area contributed by atoms with Gasteiger partial charge in [0.25, 0.3) is 0 Å². The van der Waals surface area contributed by atoms with E-state index in [0.717, 1.165) is 69.6 Å². The van der Waals surface area contributed by atoms with Gasteiger partial charge < -0.3 is 14.7 Å². The van der Waals surface area contributed by atoms with Crippen LogP contribution in [0.3, 0.4) is 0 Å². The average Bonchev–Trinajstić information content (AvgIpc) is 3.68. The van der Waals surface area contributed by atoms with E-state index in [1.165, 1.54) is 5.69 Å². The zero-order valence-corrected chi connectivity index (χ0v) is 23.2. The predicted molar refractivity (Wildman–Crippen MR) is 164 cm³/mol. The summed E-state index contributed by atoms with van der Waals surface area (Å²) in [4.78, 5) is 16.4. The fraction of sp³-hybridized carbons (Fsp3) is 0.143. The minimum atomic E-state index is 0.851. The number of hydrogen-bond donors (Lipinski definition) is 2. The first-order valence-electron chi connectivity index (χ1n) is 13.7. The highest BCUT2D eigenvalue weighted by Gasteiger charge is 2.13. The van der Waals surface area contributed by atoms with E-state index in [2.05, 4.69) is 60.2 Å². The van der Waals surface area contributed by atoms with E-state index in [1.807, 2.05) is 78.9 Å². The summed E-state index contributed by atoms with van der Waals surface area (Å²) in [6.45, 7) is 4.28. The minimum Gasteiger partial charge on any atom is -0.497 e. The van der Waals surface area contributed by atoms with Crippen LogP contribution in [0.4, 0.5) is 0 Å². The van der Waals surface area contributed by atoms with Crippen molar-refractivity contribution in [2.24, 2.45) is 0 Å². The van der Waals surface area contributed by atoms with Crippen LogP contribution in [-0.2, 0) is 12.8 Å². The number of methoxy groups -OCH3 is 1. The van der Waals surface area contributed by atoms with E-state index in [-0.39, 0.29) is 0 Å². The summed E-state index contributed by atoms with van der Waals surface area (Å²) in [6.07, 6.45) is 1.87. The summed E-state index contributed by atoms with van der Waals surface area (Å²) in [7, 11) is 1.67. The Morgan fingerprint density at radius 2 is 0.875 bits per heavy atom. The Bertz CT molecular complexity index is 1620. The molecule has 2 aromatic heterocycles. The fourth-order valence-corrected chi connectivity index (χ4v) is 4.62. The number of aromatic nitrogens is 4. The molecule has 0 aliphatic rings. The maximum absolute atomic E-state index is 5.19. The molecule has 5 heteroatoms. The van der Waals surface area contributed by atoms with Crippen molar-refractivity contribution in [1.29, 1.82) is 0 Å². The normalized spacial score (nSPS) is 10.6. The SMILES string of the molecule is CCc1[nH]c(-c2ccc(OC)cc2)nc1-c1ccccc1.CCc1[nH]c(-c2ccccc2)nc1-c1ccccc1. The topological polar surface area (TPSA) is 66.6 Å². The molecule has 2 N–H and O–H groups in total. The summed E-state index contributed by atoms with van der Waals surface area (Å²) < 4.78 is 5.19. The van der Waals surface area contributed by atoms with E-state index >= 15 is 0 Å². The molecular weight excluding hydrogens is 492 g/mol. The number of hydrogen-bond acceptors (Lipinski definition) is 3. The number of H-pyrrole nitrogens is 2. The number of rotatable bonds is 7. The maximum atomic E-state index is 5.19. The largest absolute Gasteiger partial charge is 0.497 e. The van der Waals surface area contributed by atoms with Gasteiger partial charge in [-0.05, 0) is 37.1 Å². The van der Waals surface area contributed by atoms with Gasteiger partial charge in [-0.3, -0.25) is 0 Å². The van der Waals surface area contributed by atoms with Crippen molar-refractivity contribution in [3.8, 4) is 51.0 Å². The van der Waals surface area contributed by atoms with Gasteiger partial charge in [0.2, 0.25) is 0 Å². The lowest BCUT2D eigenvalue weighted by atomic mass is 10.1. The van der Waals surface area contributed by atoms with E-state index < -0.39 is 0 Å². The molecule has 40 heavy (non-hydrogen) atoms. The Morgan fingerprint density at radius 3 is 1.25 bits per heavy atom. The van der Waals surface area contributed by atoms with Gasteiger partial charge in [-0.2, -0.15) is 0 Å². The number of aromatic amines is 2. The molecule has 0 amide bonds. The van der Waals surface area contributed by atoms with Crippen LogP contribution in [0, 0.1) is 0 Å². The van der Waals surface area contributed by atoms with Crippen LogP contribution in [0.15, 0.2) is 115 Å². The van der Waals surface area contributed by atoms with E-state index in [9.17, 15) is 0 Å². The smallest absolute Gasteiger partial charge is 0.138 e. The van der Waals surface area contributed by atoms with Gasteiger partial charge in [-0.15, -0.1) is 0 Å². The molecule has 2 heterocycles. The number of aryl methyl sites for hydroxylation is 2. The van der Waals surface area contributed by atoms with E-state index in [1.54, 1.807) is 7.11 Å². The summed E-state index contributed by atoms with van der Waals surface area (Å²) in [5.74, 6) is 2.69. The van der Waals surface area contributed by atoms with Crippen molar-refractivity contribution in [3.63, 3.8) is 0 Å². The summed E-state index contributed by atoms with van der Waals surface area (Å²) in [6, 6.07) is 38.8. The molecule has 6 rings (SSSR count). The number of nitrogens with one attached hydrogen (secondary N) is 2. The number of nitrogens with zero attached hydrogens (tertiary/aromatic N) is 2. The highest BCUT2D eigenvalue weighted by molar-refractivity contribution is 5.68. The van der Waals surface area contributed by atoms with Crippen molar-refractivity contribution in [2.75, 3.05) is 7.11 Å². The van der Waals surface area contributed by atoms with E-state index in [0.29, 0.717) is 0 Å². The molecule has 0 bridgehead atoms. The fourth-order valence-electron chi connectivity index (χ4n) is 4.62. The van der Waals surface area contributed by atoms with Crippen LogP contribution in [0.5, 0.6) is 5.75 Å². The van der Waals surface area contributed by atoms with Crippen molar-refractivity contribution in [2.45, 2.75) is 26.7 Å². The van der Waals surface area contributed by atoms with E-state index in [4.69, 9.17) is 14.7 Å². The Hall–Kier alpha value is -4.90. The second-order valence-electron chi connectivity index (χ2n) is 9.36. The Balaban J connectivity index is 0.000000162. The molecule has 6 aromatic rings. The predicted octanol–water partition coefficient (Wildman–Crippen LogP) is 8.62. The Morgan fingerprint density at radius 1 is 0.500 bits per heavy atom. The second-order valence-corrected chi connectivity index (χ2v) is 9.36. The standard InChI is InChI=1S/C18H18N2O.C17H16N2/c1-3-16-17(13-7-5-4-6-8-13)20-18(19-16)14-9-11-15(21-2)12-10-14;1-2-15-16(13-9-5-3-6-10-13)19-17(18-15)14-11-7-4-8-12-14/h4-12H,3H2,1-2H3,(H,19,20);3-12H,2H2,1H3,(H,18,19). The quantitative estimate of drug-likeness (QED) is 0.219. The summed E-state index contributed by atoms with van der Waals surface area (Å²) in [5.41, 5.74) is 8.93. The number of ether oxygens (including phenoxy) is 1. The highest BCUT2D eigenvalue weighted by Crippen LogP contribution is 2.28. The van der Waals surface area contributed by atoms with Crippen molar-refractivity contribution in [3.05, 3.63) is 127 Å². The highest BCUT2D eigenvalue weighted by atomic mass is 16.5. The third-order valence-corrected chi connectivity index (χ3v) is 6.77. The Labute approximate surface area is 236 Å². The molecular formula is C35H34N4O. The van der Waals surface area contributed by atoms with Crippen LogP contribution >= 0.6 is 0 Å². The van der Waals surface area contributed by atoms with Crippen molar-refractivity contribution >= 4 is 0 Å². The van der Waals surface area contributed by atoms with Gasteiger partial charge in [0.15, 0.2) is 0 Å².